The first-order chi connectivity index (χ1) is 12.5. The summed E-state index contributed by atoms with van der Waals surface area (Å²) in [5.74, 6) is -0.155. The van der Waals surface area contributed by atoms with Gasteiger partial charge in [0.25, 0.3) is 0 Å². The molecule has 1 saturated heterocycles. The Morgan fingerprint density at radius 2 is 1.62 bits per heavy atom. The van der Waals surface area contributed by atoms with Crippen LogP contribution in [-0.2, 0) is 12.8 Å². The minimum absolute atomic E-state index is 0.155. The van der Waals surface area contributed by atoms with Crippen molar-refractivity contribution in [2.45, 2.75) is 44.2 Å². The van der Waals surface area contributed by atoms with E-state index in [1.807, 2.05) is 12.1 Å². The van der Waals surface area contributed by atoms with Gasteiger partial charge in [-0.15, -0.1) is 0 Å². The summed E-state index contributed by atoms with van der Waals surface area (Å²) in [6.07, 6.45) is 6.12. The lowest BCUT2D eigenvalue weighted by Crippen LogP contribution is -2.57. The van der Waals surface area contributed by atoms with E-state index >= 15 is 0 Å². The predicted molar refractivity (Wildman–Crippen MR) is 106 cm³/mol. The molecule has 0 aromatic heterocycles. The third-order valence-electron chi connectivity index (χ3n) is 6.55. The van der Waals surface area contributed by atoms with Crippen molar-refractivity contribution in [3.63, 3.8) is 0 Å². The second-order valence-corrected chi connectivity index (χ2v) is 8.61. The van der Waals surface area contributed by atoms with E-state index in [2.05, 4.69) is 43.3 Å². The first kappa shape index (κ1) is 17.5. The number of benzene rings is 2. The number of nitrogens with zero attached hydrogens (tertiary/aromatic N) is 2. The van der Waals surface area contributed by atoms with E-state index in [9.17, 15) is 4.39 Å². The highest BCUT2D eigenvalue weighted by atomic mass is 19.1. The first-order valence-electron chi connectivity index (χ1n) is 9.94. The lowest BCUT2D eigenvalue weighted by Gasteiger charge is -2.45. The van der Waals surface area contributed by atoms with Crippen LogP contribution in [0.2, 0.25) is 0 Å². The Bertz CT molecular complexity index is 728. The highest BCUT2D eigenvalue weighted by Gasteiger charge is 2.36. The fourth-order valence-electron chi connectivity index (χ4n) is 4.82. The van der Waals surface area contributed by atoms with E-state index in [0.717, 1.165) is 29.6 Å². The molecule has 0 amide bonds. The fourth-order valence-corrected chi connectivity index (χ4v) is 4.82. The number of hydrogen-bond donors (Lipinski definition) is 0. The molecule has 0 N–H and O–H groups in total. The molecule has 0 radical (unpaired) electrons. The van der Waals surface area contributed by atoms with Crippen LogP contribution in [0, 0.1) is 5.82 Å². The van der Waals surface area contributed by atoms with Gasteiger partial charge in [-0.2, -0.15) is 0 Å². The van der Waals surface area contributed by atoms with Crippen LogP contribution in [0.5, 0.6) is 0 Å². The number of halogens is 1. The van der Waals surface area contributed by atoms with E-state index < -0.39 is 0 Å². The molecule has 1 aliphatic heterocycles. The summed E-state index contributed by atoms with van der Waals surface area (Å²) in [5.41, 5.74) is 4.11. The zero-order valence-corrected chi connectivity index (χ0v) is 16.0. The minimum Gasteiger partial charge on any atom is -0.362 e. The van der Waals surface area contributed by atoms with Crippen molar-refractivity contribution in [3.8, 4) is 0 Å². The highest BCUT2D eigenvalue weighted by Crippen LogP contribution is 2.31. The summed E-state index contributed by atoms with van der Waals surface area (Å²) in [7, 11) is 4.74. The fraction of sp³-hybridized carbons (Fsp3) is 0.478. The summed E-state index contributed by atoms with van der Waals surface area (Å²) in [6, 6.07) is 17.0. The Kier molecular flexibility index (Phi) is 4.74. The van der Waals surface area contributed by atoms with Gasteiger partial charge in [0.1, 0.15) is 11.9 Å². The van der Waals surface area contributed by atoms with Gasteiger partial charge in [0.15, 0.2) is 0 Å². The van der Waals surface area contributed by atoms with Crippen molar-refractivity contribution in [3.05, 3.63) is 65.5 Å². The quantitative estimate of drug-likeness (QED) is 0.735. The van der Waals surface area contributed by atoms with E-state index in [0.29, 0.717) is 12.1 Å². The maximum atomic E-state index is 13.5. The second kappa shape index (κ2) is 7.03. The molecule has 26 heavy (non-hydrogen) atoms. The van der Waals surface area contributed by atoms with Crippen molar-refractivity contribution in [1.82, 2.24) is 0 Å². The van der Waals surface area contributed by atoms with E-state index in [1.165, 1.54) is 36.9 Å². The third-order valence-corrected chi connectivity index (χ3v) is 6.55. The first-order valence-corrected chi connectivity index (χ1v) is 9.94. The molecule has 1 heterocycles. The number of fused-ring (bicyclic) bond motifs is 1. The average Bonchev–Trinajstić information content (AvgIpc) is 3.05. The van der Waals surface area contributed by atoms with Gasteiger partial charge < -0.3 is 9.38 Å². The molecular formula is C23H30FN2+. The summed E-state index contributed by atoms with van der Waals surface area (Å²) in [6.45, 7) is 2.31. The third kappa shape index (κ3) is 3.50. The predicted octanol–water partition coefficient (Wildman–Crippen LogP) is 4.43. The smallest absolute Gasteiger partial charge is 0.123 e. The number of likely N-dealkylation sites (N-methyl/N-ethyl adjacent to an activating group) is 1. The van der Waals surface area contributed by atoms with Crippen LogP contribution in [-0.4, -0.2) is 43.8 Å². The van der Waals surface area contributed by atoms with E-state index in [1.54, 1.807) is 12.1 Å². The lowest BCUT2D eigenvalue weighted by atomic mass is 9.98. The van der Waals surface area contributed by atoms with E-state index in [-0.39, 0.29) is 5.82 Å². The van der Waals surface area contributed by atoms with Crippen molar-refractivity contribution in [2.75, 3.05) is 32.1 Å². The van der Waals surface area contributed by atoms with Crippen LogP contribution in [0.4, 0.5) is 10.1 Å². The minimum atomic E-state index is -0.155. The molecule has 2 nitrogen and oxygen atoms in total. The molecule has 3 heteroatoms. The highest BCUT2D eigenvalue weighted by molar-refractivity contribution is 5.50. The molecule has 0 spiro atoms. The average molecular weight is 354 g/mol. The molecule has 1 aliphatic carbocycles. The van der Waals surface area contributed by atoms with Crippen molar-refractivity contribution in [1.29, 1.82) is 0 Å². The molecule has 2 aliphatic rings. The molecule has 2 aromatic carbocycles. The molecule has 1 atom stereocenters. The zero-order chi connectivity index (χ0) is 18.1. The zero-order valence-electron chi connectivity index (χ0n) is 16.0. The Morgan fingerprint density at radius 1 is 0.962 bits per heavy atom. The van der Waals surface area contributed by atoms with Gasteiger partial charge in [0.2, 0.25) is 0 Å². The number of hydrogen-bond acceptors (Lipinski definition) is 1. The van der Waals surface area contributed by atoms with Crippen LogP contribution < -0.4 is 4.90 Å². The van der Waals surface area contributed by atoms with Gasteiger partial charge in [-0.25, -0.2) is 4.39 Å². The summed E-state index contributed by atoms with van der Waals surface area (Å²) >= 11 is 0. The van der Waals surface area contributed by atoms with Crippen molar-refractivity contribution >= 4 is 5.69 Å². The molecule has 1 unspecified atom stereocenters. The Labute approximate surface area is 156 Å². The number of likely N-dealkylation sites (tertiary alicyclic amines) is 1. The van der Waals surface area contributed by atoms with Crippen LogP contribution in [0.3, 0.4) is 0 Å². The standard InChI is InChI=1S/C23H30FN2/c1-26(2)14-6-5-9-23(26)17-25(21-12-10-20(24)11-13-21)22-15-18-7-3-4-8-19(18)16-22/h3-4,7-8,10-13,22-23H,5-6,9,14-17H2,1-2H3/q+1. The van der Waals surface area contributed by atoms with Crippen LogP contribution in [0.25, 0.3) is 0 Å². The van der Waals surface area contributed by atoms with Gasteiger partial charge in [0.05, 0.1) is 27.2 Å². The maximum absolute atomic E-state index is 13.5. The van der Waals surface area contributed by atoms with Gasteiger partial charge in [-0.1, -0.05) is 24.3 Å². The molecule has 138 valence electrons. The number of rotatable bonds is 4. The lowest BCUT2D eigenvalue weighted by molar-refractivity contribution is -0.918. The number of anilines is 1. The maximum Gasteiger partial charge on any atom is 0.123 e. The largest absolute Gasteiger partial charge is 0.362 e. The number of piperidine rings is 1. The molecule has 1 fully saturated rings. The number of quaternary nitrogens is 1. The Balaban J connectivity index is 1.61. The monoisotopic (exact) mass is 353 g/mol. The SMILES string of the molecule is C[N+]1(C)CCCCC1CN(c1ccc(F)cc1)C1Cc2ccccc2C1. The normalized spacial score (nSPS) is 22.2. The van der Waals surface area contributed by atoms with Gasteiger partial charge >= 0.3 is 0 Å². The Hall–Kier alpha value is -1.87. The topological polar surface area (TPSA) is 3.24 Å². The molecular weight excluding hydrogens is 323 g/mol. The van der Waals surface area contributed by atoms with Crippen LogP contribution in [0.1, 0.15) is 30.4 Å². The van der Waals surface area contributed by atoms with Crippen LogP contribution >= 0.6 is 0 Å². The summed E-state index contributed by atoms with van der Waals surface area (Å²) < 4.78 is 14.6. The Morgan fingerprint density at radius 3 is 2.23 bits per heavy atom. The van der Waals surface area contributed by atoms with E-state index in [4.69, 9.17) is 0 Å². The van der Waals surface area contributed by atoms with Crippen molar-refractivity contribution in [2.24, 2.45) is 0 Å². The summed E-state index contributed by atoms with van der Waals surface area (Å²) in [5, 5.41) is 0. The molecule has 2 aromatic rings. The molecule has 0 bridgehead atoms. The second-order valence-electron chi connectivity index (χ2n) is 8.61. The molecule has 4 rings (SSSR count). The van der Waals surface area contributed by atoms with Gasteiger partial charge in [-0.3, -0.25) is 0 Å². The molecule has 0 saturated carbocycles. The van der Waals surface area contributed by atoms with Crippen molar-refractivity contribution < 1.29 is 8.87 Å². The summed E-state index contributed by atoms with van der Waals surface area (Å²) in [4.78, 5) is 2.56. The van der Waals surface area contributed by atoms with Gasteiger partial charge in [0, 0.05) is 18.2 Å². The van der Waals surface area contributed by atoms with Gasteiger partial charge in [-0.05, 0) is 61.1 Å². The van der Waals surface area contributed by atoms with Crippen LogP contribution in [0.15, 0.2) is 48.5 Å².